The summed E-state index contributed by atoms with van der Waals surface area (Å²) in [6.45, 7) is 4.37. The van der Waals surface area contributed by atoms with Crippen LogP contribution < -0.4 is 5.73 Å². The average Bonchev–Trinajstić information content (AvgIpc) is 2.41. The van der Waals surface area contributed by atoms with Crippen LogP contribution in [0, 0.1) is 11.7 Å². The lowest BCUT2D eigenvalue weighted by Crippen LogP contribution is -2.44. The van der Waals surface area contributed by atoms with Gasteiger partial charge in [0.15, 0.2) is 0 Å². The molecule has 20 heavy (non-hydrogen) atoms. The van der Waals surface area contributed by atoms with Crippen LogP contribution in [0.5, 0.6) is 0 Å². The third kappa shape index (κ3) is 3.58. The Balaban J connectivity index is 2.17. The first-order valence-corrected chi connectivity index (χ1v) is 7.72. The number of halogens is 1. The third-order valence-corrected chi connectivity index (χ3v) is 4.63. The highest BCUT2D eigenvalue weighted by molar-refractivity contribution is 5.21. The van der Waals surface area contributed by atoms with E-state index in [0.717, 1.165) is 11.5 Å². The standard InChI is InChI=1S/C17H27FN2/c1-12-5-4-6-16(11-12)20(3)17(13(2)19)14-7-9-15(18)10-8-14/h7-10,12-13,16-17H,4-6,11,19H2,1-3H3. The van der Waals surface area contributed by atoms with Crippen LogP contribution in [0.15, 0.2) is 24.3 Å². The Bertz CT molecular complexity index is 416. The molecule has 0 heterocycles. The van der Waals surface area contributed by atoms with Crippen LogP contribution in [-0.4, -0.2) is 24.0 Å². The lowest BCUT2D eigenvalue weighted by molar-refractivity contribution is 0.106. The van der Waals surface area contributed by atoms with E-state index in [0.29, 0.717) is 6.04 Å². The molecule has 0 bridgehead atoms. The normalized spacial score (nSPS) is 26.5. The fourth-order valence-corrected chi connectivity index (χ4v) is 3.57. The van der Waals surface area contributed by atoms with E-state index in [1.165, 1.54) is 37.8 Å². The van der Waals surface area contributed by atoms with E-state index in [1.807, 2.05) is 19.1 Å². The first-order chi connectivity index (χ1) is 9.49. The van der Waals surface area contributed by atoms with Crippen molar-refractivity contribution in [1.82, 2.24) is 4.90 Å². The van der Waals surface area contributed by atoms with E-state index in [1.54, 1.807) is 0 Å². The van der Waals surface area contributed by atoms with E-state index in [9.17, 15) is 4.39 Å². The molecule has 1 aromatic carbocycles. The topological polar surface area (TPSA) is 29.3 Å². The van der Waals surface area contributed by atoms with Crippen LogP contribution in [0.25, 0.3) is 0 Å². The van der Waals surface area contributed by atoms with E-state index in [2.05, 4.69) is 18.9 Å². The lowest BCUT2D eigenvalue weighted by atomic mass is 9.85. The number of benzene rings is 1. The average molecular weight is 278 g/mol. The molecule has 0 spiro atoms. The fourth-order valence-electron chi connectivity index (χ4n) is 3.57. The number of nitrogens with zero attached hydrogens (tertiary/aromatic N) is 1. The van der Waals surface area contributed by atoms with Gasteiger partial charge in [-0.15, -0.1) is 0 Å². The predicted octanol–water partition coefficient (Wildman–Crippen LogP) is 3.72. The monoisotopic (exact) mass is 278 g/mol. The zero-order chi connectivity index (χ0) is 14.7. The van der Waals surface area contributed by atoms with Gasteiger partial charge in [-0.25, -0.2) is 4.39 Å². The second-order valence-electron chi connectivity index (χ2n) is 6.45. The fraction of sp³-hybridized carbons (Fsp3) is 0.647. The van der Waals surface area contributed by atoms with Gasteiger partial charge in [-0.2, -0.15) is 0 Å². The van der Waals surface area contributed by atoms with E-state index in [-0.39, 0.29) is 17.9 Å². The van der Waals surface area contributed by atoms with Gasteiger partial charge in [-0.3, -0.25) is 4.90 Å². The predicted molar refractivity (Wildman–Crippen MR) is 82.0 cm³/mol. The highest BCUT2D eigenvalue weighted by Crippen LogP contribution is 2.32. The second-order valence-corrected chi connectivity index (χ2v) is 6.45. The maximum absolute atomic E-state index is 13.1. The van der Waals surface area contributed by atoms with Crippen molar-refractivity contribution in [2.45, 2.75) is 57.7 Å². The second kappa shape index (κ2) is 6.68. The van der Waals surface area contributed by atoms with Crippen LogP contribution in [0.1, 0.15) is 51.1 Å². The van der Waals surface area contributed by atoms with Crippen LogP contribution in [-0.2, 0) is 0 Å². The van der Waals surface area contributed by atoms with Crippen molar-refractivity contribution in [2.75, 3.05) is 7.05 Å². The molecule has 2 nitrogen and oxygen atoms in total. The molecule has 1 saturated carbocycles. The van der Waals surface area contributed by atoms with Crippen LogP contribution in [0.4, 0.5) is 4.39 Å². The summed E-state index contributed by atoms with van der Waals surface area (Å²) in [6.07, 6.45) is 5.11. The van der Waals surface area contributed by atoms with Gasteiger partial charge in [0, 0.05) is 18.1 Å². The molecule has 1 aliphatic carbocycles. The summed E-state index contributed by atoms with van der Waals surface area (Å²) in [7, 11) is 2.17. The molecular weight excluding hydrogens is 251 g/mol. The molecule has 0 aliphatic heterocycles. The van der Waals surface area contributed by atoms with Crippen molar-refractivity contribution in [3.63, 3.8) is 0 Å². The third-order valence-electron chi connectivity index (χ3n) is 4.63. The first kappa shape index (κ1) is 15.5. The molecule has 0 saturated heterocycles. The first-order valence-electron chi connectivity index (χ1n) is 7.72. The zero-order valence-corrected chi connectivity index (χ0v) is 12.8. The minimum absolute atomic E-state index is 0.0303. The van der Waals surface area contributed by atoms with Crippen molar-refractivity contribution in [3.8, 4) is 0 Å². The summed E-state index contributed by atoms with van der Waals surface area (Å²) in [4.78, 5) is 2.41. The number of hydrogen-bond donors (Lipinski definition) is 1. The Hall–Kier alpha value is -0.930. The molecule has 4 unspecified atom stereocenters. The summed E-state index contributed by atoms with van der Waals surface area (Å²) in [5.41, 5.74) is 7.33. The van der Waals surface area contributed by atoms with E-state index < -0.39 is 0 Å². The lowest BCUT2D eigenvalue weighted by Gasteiger charge is -2.40. The molecule has 2 N–H and O–H groups in total. The highest BCUT2D eigenvalue weighted by Gasteiger charge is 2.29. The van der Waals surface area contributed by atoms with Crippen molar-refractivity contribution in [1.29, 1.82) is 0 Å². The van der Waals surface area contributed by atoms with Crippen LogP contribution >= 0.6 is 0 Å². The SMILES string of the molecule is CC1CCCC(N(C)C(c2ccc(F)cc2)C(C)N)C1. The van der Waals surface area contributed by atoms with Gasteiger partial charge in [0.2, 0.25) is 0 Å². The molecule has 2 rings (SSSR count). The molecule has 0 aromatic heterocycles. The number of rotatable bonds is 4. The van der Waals surface area contributed by atoms with Gasteiger partial charge in [0.1, 0.15) is 5.82 Å². The summed E-state index contributed by atoms with van der Waals surface area (Å²) < 4.78 is 13.1. The minimum Gasteiger partial charge on any atom is -0.326 e. The van der Waals surface area contributed by atoms with E-state index in [4.69, 9.17) is 5.73 Å². The zero-order valence-electron chi connectivity index (χ0n) is 12.8. The Morgan fingerprint density at radius 3 is 2.45 bits per heavy atom. The van der Waals surface area contributed by atoms with Gasteiger partial charge < -0.3 is 5.73 Å². The van der Waals surface area contributed by atoms with Crippen LogP contribution in [0.2, 0.25) is 0 Å². The van der Waals surface area contributed by atoms with Gasteiger partial charge in [0.05, 0.1) is 0 Å². The maximum Gasteiger partial charge on any atom is 0.123 e. The van der Waals surface area contributed by atoms with Gasteiger partial charge in [0.25, 0.3) is 0 Å². The maximum atomic E-state index is 13.1. The highest BCUT2D eigenvalue weighted by atomic mass is 19.1. The van der Waals surface area contributed by atoms with Gasteiger partial charge in [-0.1, -0.05) is 31.9 Å². The number of hydrogen-bond acceptors (Lipinski definition) is 2. The molecule has 1 fully saturated rings. The molecule has 0 radical (unpaired) electrons. The van der Waals surface area contributed by atoms with Gasteiger partial charge in [-0.05, 0) is 50.4 Å². The molecule has 1 aromatic rings. The molecule has 4 atom stereocenters. The smallest absolute Gasteiger partial charge is 0.123 e. The number of nitrogens with two attached hydrogens (primary N) is 1. The molecule has 1 aliphatic rings. The molecule has 0 amide bonds. The van der Waals surface area contributed by atoms with Crippen molar-refractivity contribution >= 4 is 0 Å². The van der Waals surface area contributed by atoms with Crippen molar-refractivity contribution < 1.29 is 4.39 Å². The largest absolute Gasteiger partial charge is 0.326 e. The summed E-state index contributed by atoms with van der Waals surface area (Å²) in [5, 5.41) is 0. The Kier molecular flexibility index (Phi) is 5.17. The minimum atomic E-state index is -0.189. The Labute approximate surface area is 122 Å². The molecule has 112 valence electrons. The summed E-state index contributed by atoms with van der Waals surface area (Å²) in [5.74, 6) is 0.601. The van der Waals surface area contributed by atoms with Gasteiger partial charge >= 0.3 is 0 Å². The Morgan fingerprint density at radius 1 is 1.25 bits per heavy atom. The Morgan fingerprint density at radius 2 is 1.90 bits per heavy atom. The summed E-state index contributed by atoms with van der Waals surface area (Å²) in [6, 6.07) is 7.57. The van der Waals surface area contributed by atoms with E-state index >= 15 is 0 Å². The number of likely N-dealkylation sites (N-methyl/N-ethyl adjacent to an activating group) is 1. The van der Waals surface area contributed by atoms with Crippen molar-refractivity contribution in [2.24, 2.45) is 11.7 Å². The quantitative estimate of drug-likeness (QED) is 0.909. The van der Waals surface area contributed by atoms with Crippen LogP contribution in [0.3, 0.4) is 0 Å². The molecule has 3 heteroatoms. The van der Waals surface area contributed by atoms with Crippen molar-refractivity contribution in [3.05, 3.63) is 35.6 Å². The summed E-state index contributed by atoms with van der Waals surface area (Å²) >= 11 is 0. The molecular formula is C17H27FN2.